The Kier molecular flexibility index (Phi) is 6.84. The van der Waals surface area contributed by atoms with Crippen LogP contribution < -0.4 is 10.1 Å². The molecule has 2 aromatic carbocycles. The fraction of sp³-hybridized carbons (Fsp3) is 0.278. The summed E-state index contributed by atoms with van der Waals surface area (Å²) in [4.78, 5) is 12.0. The lowest BCUT2D eigenvalue weighted by atomic mass is 10.2. The summed E-state index contributed by atoms with van der Waals surface area (Å²) in [5.41, 5.74) is 1.11. The van der Waals surface area contributed by atoms with Crippen molar-refractivity contribution in [3.63, 3.8) is 0 Å². The molecule has 0 aliphatic rings. The van der Waals surface area contributed by atoms with Crippen molar-refractivity contribution in [2.45, 2.75) is 18.7 Å². The van der Waals surface area contributed by atoms with E-state index in [0.717, 1.165) is 17.1 Å². The summed E-state index contributed by atoms with van der Waals surface area (Å²) in [6, 6.07) is 19.6. The van der Waals surface area contributed by atoms with Gasteiger partial charge < -0.3 is 10.1 Å². The second-order valence-electron chi connectivity index (χ2n) is 4.88. The maximum atomic E-state index is 12.0. The molecule has 116 valence electrons. The molecule has 2 rings (SSSR count). The molecule has 0 saturated carbocycles. The topological polar surface area (TPSA) is 38.3 Å². The molecule has 1 N–H and O–H groups in total. The van der Waals surface area contributed by atoms with Crippen LogP contribution in [0.5, 0.6) is 5.75 Å². The Hall–Kier alpha value is -1.94. The highest BCUT2D eigenvalue weighted by atomic mass is 32.2. The molecule has 0 aromatic heterocycles. The summed E-state index contributed by atoms with van der Waals surface area (Å²) in [7, 11) is 0. The van der Waals surface area contributed by atoms with Crippen LogP contribution in [0.2, 0.25) is 0 Å². The smallest absolute Gasteiger partial charge is 0.233 e. The first kappa shape index (κ1) is 16.4. The third-order valence-corrected chi connectivity index (χ3v) is 4.26. The molecular weight excluding hydrogens is 294 g/mol. The van der Waals surface area contributed by atoms with Crippen LogP contribution in [0.4, 0.5) is 0 Å². The van der Waals surface area contributed by atoms with Crippen molar-refractivity contribution in [1.82, 2.24) is 5.32 Å². The molecule has 0 fully saturated rings. The van der Waals surface area contributed by atoms with Gasteiger partial charge in [0.05, 0.1) is 11.9 Å². The van der Waals surface area contributed by atoms with Gasteiger partial charge >= 0.3 is 0 Å². The van der Waals surface area contributed by atoms with Crippen molar-refractivity contribution in [1.29, 1.82) is 0 Å². The molecule has 0 spiro atoms. The third-order valence-electron chi connectivity index (χ3n) is 3.14. The molecule has 0 saturated heterocycles. The maximum Gasteiger partial charge on any atom is 0.233 e. The normalized spacial score (nSPS) is 11.7. The Morgan fingerprint density at radius 3 is 2.41 bits per heavy atom. The summed E-state index contributed by atoms with van der Waals surface area (Å²) in [5.74, 6) is 1.72. The van der Waals surface area contributed by atoms with Crippen molar-refractivity contribution in [2.24, 2.45) is 0 Å². The van der Waals surface area contributed by atoms with E-state index in [9.17, 15) is 4.79 Å². The number of hydrogen-bond acceptors (Lipinski definition) is 3. The molecule has 0 radical (unpaired) electrons. The van der Waals surface area contributed by atoms with E-state index in [2.05, 4.69) is 5.32 Å². The minimum atomic E-state index is -0.0805. The number of para-hydroxylation sites is 1. The summed E-state index contributed by atoms with van der Waals surface area (Å²) in [6.45, 7) is 3.10. The summed E-state index contributed by atoms with van der Waals surface area (Å²) >= 11 is 1.60. The molecular formula is C18H21NO2S. The number of carbonyl (C=O) groups excluding carboxylic acids is 1. The van der Waals surface area contributed by atoms with Crippen LogP contribution in [-0.4, -0.2) is 23.5 Å². The van der Waals surface area contributed by atoms with Gasteiger partial charge in [0.2, 0.25) is 5.91 Å². The lowest BCUT2D eigenvalue weighted by molar-refractivity contribution is -0.120. The van der Waals surface area contributed by atoms with E-state index in [1.807, 2.05) is 67.6 Å². The Labute approximate surface area is 136 Å². The Morgan fingerprint density at radius 2 is 1.73 bits per heavy atom. The predicted molar refractivity (Wildman–Crippen MR) is 92.1 cm³/mol. The van der Waals surface area contributed by atoms with E-state index in [0.29, 0.717) is 13.2 Å². The number of ether oxygens (including phenoxy) is 1. The summed E-state index contributed by atoms with van der Waals surface area (Å²) in [5, 5.41) is 2.88. The molecule has 22 heavy (non-hydrogen) atoms. The van der Waals surface area contributed by atoms with Gasteiger partial charge in [-0.15, -0.1) is 11.8 Å². The lowest BCUT2D eigenvalue weighted by Gasteiger charge is -2.12. The van der Waals surface area contributed by atoms with Gasteiger partial charge in [0, 0.05) is 12.3 Å². The van der Waals surface area contributed by atoms with Crippen LogP contribution >= 0.6 is 11.8 Å². The lowest BCUT2D eigenvalue weighted by Crippen LogP contribution is -2.30. The number of hydrogen-bond donors (Lipinski definition) is 1. The van der Waals surface area contributed by atoms with Gasteiger partial charge in [-0.25, -0.2) is 0 Å². The van der Waals surface area contributed by atoms with E-state index >= 15 is 0 Å². The molecule has 2 aromatic rings. The van der Waals surface area contributed by atoms with Crippen LogP contribution in [0.1, 0.15) is 12.5 Å². The zero-order valence-corrected chi connectivity index (χ0v) is 13.5. The molecule has 0 bridgehead atoms. The zero-order chi connectivity index (χ0) is 15.6. The van der Waals surface area contributed by atoms with Crippen molar-refractivity contribution >= 4 is 17.7 Å². The van der Waals surface area contributed by atoms with Crippen molar-refractivity contribution in [2.75, 3.05) is 12.4 Å². The van der Waals surface area contributed by atoms with Crippen LogP contribution in [0.3, 0.4) is 0 Å². The Morgan fingerprint density at radius 1 is 1.09 bits per heavy atom. The Balaban J connectivity index is 1.62. The quantitative estimate of drug-likeness (QED) is 0.758. The highest BCUT2D eigenvalue weighted by molar-refractivity contribution is 8.00. The molecule has 0 heterocycles. The van der Waals surface area contributed by atoms with Gasteiger partial charge in [-0.3, -0.25) is 4.79 Å². The highest BCUT2D eigenvalue weighted by Gasteiger charge is 2.12. The standard InChI is InChI=1S/C18H21NO2S/c1-15(18(20)19-14-16-8-4-2-5-9-16)22-13-12-21-17-10-6-3-7-11-17/h2-11,15H,12-14H2,1H3,(H,19,20). The molecule has 1 atom stereocenters. The van der Waals surface area contributed by atoms with Crippen molar-refractivity contribution in [3.05, 3.63) is 66.2 Å². The van der Waals surface area contributed by atoms with Crippen LogP contribution in [0, 0.1) is 0 Å². The van der Waals surface area contributed by atoms with Crippen molar-refractivity contribution in [3.8, 4) is 5.75 Å². The van der Waals surface area contributed by atoms with E-state index in [4.69, 9.17) is 4.74 Å². The minimum absolute atomic E-state index is 0.0635. The second kappa shape index (κ2) is 9.15. The van der Waals surface area contributed by atoms with Gasteiger partial charge in [-0.2, -0.15) is 0 Å². The fourth-order valence-electron chi connectivity index (χ4n) is 1.91. The van der Waals surface area contributed by atoms with Gasteiger partial charge in [0.15, 0.2) is 0 Å². The first-order valence-corrected chi connectivity index (χ1v) is 8.41. The van der Waals surface area contributed by atoms with E-state index in [-0.39, 0.29) is 11.2 Å². The SMILES string of the molecule is CC(SCCOc1ccccc1)C(=O)NCc1ccccc1. The molecule has 0 aliphatic carbocycles. The van der Waals surface area contributed by atoms with E-state index in [1.165, 1.54) is 0 Å². The van der Waals surface area contributed by atoms with Gasteiger partial charge in [-0.05, 0) is 24.6 Å². The molecule has 4 heteroatoms. The number of benzene rings is 2. The summed E-state index contributed by atoms with van der Waals surface area (Å²) in [6.07, 6.45) is 0. The monoisotopic (exact) mass is 315 g/mol. The summed E-state index contributed by atoms with van der Waals surface area (Å²) < 4.78 is 5.61. The minimum Gasteiger partial charge on any atom is -0.493 e. The fourth-order valence-corrected chi connectivity index (χ4v) is 2.67. The van der Waals surface area contributed by atoms with Crippen molar-refractivity contribution < 1.29 is 9.53 Å². The zero-order valence-electron chi connectivity index (χ0n) is 12.7. The molecule has 3 nitrogen and oxygen atoms in total. The van der Waals surface area contributed by atoms with E-state index in [1.54, 1.807) is 11.8 Å². The van der Waals surface area contributed by atoms with Crippen LogP contribution in [0.25, 0.3) is 0 Å². The average Bonchev–Trinajstić information content (AvgIpc) is 2.58. The van der Waals surface area contributed by atoms with E-state index < -0.39 is 0 Å². The third kappa shape index (κ3) is 5.82. The number of rotatable bonds is 8. The number of thioether (sulfide) groups is 1. The average molecular weight is 315 g/mol. The number of nitrogens with one attached hydrogen (secondary N) is 1. The molecule has 1 amide bonds. The van der Waals surface area contributed by atoms with Gasteiger partial charge in [0.1, 0.15) is 5.75 Å². The predicted octanol–water partition coefficient (Wildman–Crippen LogP) is 3.50. The van der Waals surface area contributed by atoms with Crippen LogP contribution in [-0.2, 0) is 11.3 Å². The molecule has 1 unspecified atom stereocenters. The maximum absolute atomic E-state index is 12.0. The Bertz CT molecular complexity index is 560. The second-order valence-corrected chi connectivity index (χ2v) is 6.33. The first-order chi connectivity index (χ1) is 10.8. The number of carbonyl (C=O) groups is 1. The largest absolute Gasteiger partial charge is 0.493 e. The number of amides is 1. The van der Waals surface area contributed by atoms with Gasteiger partial charge in [-0.1, -0.05) is 48.5 Å². The highest BCUT2D eigenvalue weighted by Crippen LogP contribution is 2.13. The van der Waals surface area contributed by atoms with Gasteiger partial charge in [0.25, 0.3) is 0 Å². The first-order valence-electron chi connectivity index (χ1n) is 7.37. The van der Waals surface area contributed by atoms with Crippen LogP contribution in [0.15, 0.2) is 60.7 Å². The molecule has 0 aliphatic heterocycles.